The highest BCUT2D eigenvalue weighted by molar-refractivity contribution is 5.55. The molecule has 0 unspecified atom stereocenters. The van der Waals surface area contributed by atoms with Crippen LogP contribution in [0.25, 0.3) is 0 Å². The smallest absolute Gasteiger partial charge is 0.163 e. The molecule has 3 rings (SSSR count). The van der Waals surface area contributed by atoms with E-state index in [1.165, 1.54) is 12.8 Å². The SMILES string of the molecule is CC(C)C1CC(Nc2ccc3c(c2)OCCO3)C1. The highest BCUT2D eigenvalue weighted by Crippen LogP contribution is 2.37. The number of hydrogen-bond acceptors (Lipinski definition) is 3. The lowest BCUT2D eigenvalue weighted by Gasteiger charge is -2.39. The molecule has 0 bridgehead atoms. The van der Waals surface area contributed by atoms with E-state index in [0.29, 0.717) is 19.3 Å². The summed E-state index contributed by atoms with van der Waals surface area (Å²) < 4.78 is 11.1. The van der Waals surface area contributed by atoms with Gasteiger partial charge in [-0.25, -0.2) is 0 Å². The minimum Gasteiger partial charge on any atom is -0.486 e. The maximum absolute atomic E-state index is 5.59. The highest BCUT2D eigenvalue weighted by atomic mass is 16.6. The van der Waals surface area contributed by atoms with Crippen LogP contribution in [0.5, 0.6) is 11.5 Å². The molecule has 2 aliphatic rings. The van der Waals surface area contributed by atoms with E-state index in [2.05, 4.69) is 31.3 Å². The van der Waals surface area contributed by atoms with Crippen LogP contribution in [0.1, 0.15) is 26.7 Å². The molecular weight excluding hydrogens is 226 g/mol. The summed E-state index contributed by atoms with van der Waals surface area (Å²) in [6.45, 7) is 5.92. The van der Waals surface area contributed by atoms with E-state index in [-0.39, 0.29) is 0 Å². The van der Waals surface area contributed by atoms with Gasteiger partial charge in [0.15, 0.2) is 11.5 Å². The van der Waals surface area contributed by atoms with Crippen LogP contribution in [-0.4, -0.2) is 19.3 Å². The van der Waals surface area contributed by atoms with Gasteiger partial charge in [-0.15, -0.1) is 0 Å². The zero-order valence-electron chi connectivity index (χ0n) is 11.1. The second kappa shape index (κ2) is 4.71. The lowest BCUT2D eigenvalue weighted by Crippen LogP contribution is -2.37. The number of rotatable bonds is 3. The normalized spacial score (nSPS) is 25.7. The Morgan fingerprint density at radius 1 is 1.11 bits per heavy atom. The molecule has 3 nitrogen and oxygen atoms in total. The maximum Gasteiger partial charge on any atom is 0.163 e. The van der Waals surface area contributed by atoms with E-state index in [4.69, 9.17) is 9.47 Å². The van der Waals surface area contributed by atoms with E-state index in [1.54, 1.807) is 0 Å². The van der Waals surface area contributed by atoms with Crippen molar-refractivity contribution in [3.8, 4) is 11.5 Å². The van der Waals surface area contributed by atoms with Crippen LogP contribution in [-0.2, 0) is 0 Å². The van der Waals surface area contributed by atoms with Crippen LogP contribution in [0.2, 0.25) is 0 Å². The standard InChI is InChI=1S/C15H21NO2/c1-10(2)11-7-13(8-11)16-12-3-4-14-15(9-12)18-6-5-17-14/h3-4,9-11,13,16H,5-8H2,1-2H3. The lowest BCUT2D eigenvalue weighted by atomic mass is 9.73. The summed E-state index contributed by atoms with van der Waals surface area (Å²) in [6, 6.07) is 6.75. The zero-order chi connectivity index (χ0) is 12.5. The molecule has 1 aromatic rings. The van der Waals surface area contributed by atoms with Gasteiger partial charge in [0, 0.05) is 17.8 Å². The van der Waals surface area contributed by atoms with Crippen LogP contribution >= 0.6 is 0 Å². The van der Waals surface area contributed by atoms with Crippen molar-refractivity contribution in [3.63, 3.8) is 0 Å². The third kappa shape index (κ3) is 2.26. The number of fused-ring (bicyclic) bond motifs is 1. The largest absolute Gasteiger partial charge is 0.486 e. The molecule has 1 saturated carbocycles. The van der Waals surface area contributed by atoms with Gasteiger partial charge >= 0.3 is 0 Å². The van der Waals surface area contributed by atoms with E-state index in [1.807, 2.05) is 6.07 Å². The monoisotopic (exact) mass is 247 g/mol. The van der Waals surface area contributed by atoms with Crippen molar-refractivity contribution < 1.29 is 9.47 Å². The summed E-state index contributed by atoms with van der Waals surface area (Å²) in [5, 5.41) is 3.58. The summed E-state index contributed by atoms with van der Waals surface area (Å²) in [6.07, 6.45) is 2.57. The predicted octanol–water partition coefficient (Wildman–Crippen LogP) is 3.30. The molecular formula is C15H21NO2. The van der Waals surface area contributed by atoms with Gasteiger partial charge in [0.1, 0.15) is 13.2 Å². The molecule has 1 fully saturated rings. The summed E-state index contributed by atoms with van der Waals surface area (Å²) in [7, 11) is 0. The molecule has 1 heterocycles. The molecule has 1 aliphatic heterocycles. The Bertz CT molecular complexity index is 425. The average Bonchev–Trinajstić information content (AvgIpc) is 2.32. The van der Waals surface area contributed by atoms with Crippen LogP contribution < -0.4 is 14.8 Å². The van der Waals surface area contributed by atoms with E-state index >= 15 is 0 Å². The van der Waals surface area contributed by atoms with E-state index in [0.717, 1.165) is 29.0 Å². The van der Waals surface area contributed by atoms with Gasteiger partial charge in [0.2, 0.25) is 0 Å². The summed E-state index contributed by atoms with van der Waals surface area (Å²) >= 11 is 0. The first-order valence-corrected chi connectivity index (χ1v) is 6.88. The minimum atomic E-state index is 0.625. The second-order valence-corrected chi connectivity index (χ2v) is 5.68. The average molecular weight is 247 g/mol. The Morgan fingerprint density at radius 2 is 1.83 bits per heavy atom. The van der Waals surface area contributed by atoms with Gasteiger partial charge in [-0.2, -0.15) is 0 Å². The fourth-order valence-electron chi connectivity index (χ4n) is 2.69. The summed E-state index contributed by atoms with van der Waals surface area (Å²) in [5.41, 5.74) is 1.14. The van der Waals surface area contributed by atoms with Gasteiger partial charge in [-0.1, -0.05) is 13.8 Å². The number of nitrogens with one attached hydrogen (secondary N) is 1. The van der Waals surface area contributed by atoms with Crippen LogP contribution in [0.3, 0.4) is 0 Å². The van der Waals surface area contributed by atoms with Crippen molar-refractivity contribution in [3.05, 3.63) is 18.2 Å². The maximum atomic E-state index is 5.59. The van der Waals surface area contributed by atoms with Gasteiger partial charge < -0.3 is 14.8 Å². The van der Waals surface area contributed by atoms with Crippen molar-refractivity contribution in [1.29, 1.82) is 0 Å². The molecule has 0 amide bonds. The van der Waals surface area contributed by atoms with Crippen LogP contribution in [0.4, 0.5) is 5.69 Å². The van der Waals surface area contributed by atoms with Gasteiger partial charge in [-0.3, -0.25) is 0 Å². The number of benzene rings is 1. The fraction of sp³-hybridized carbons (Fsp3) is 0.600. The Balaban J connectivity index is 1.61. The van der Waals surface area contributed by atoms with Crippen molar-refractivity contribution in [1.82, 2.24) is 0 Å². The number of hydrogen-bond donors (Lipinski definition) is 1. The molecule has 1 aromatic carbocycles. The number of ether oxygens (including phenoxy) is 2. The quantitative estimate of drug-likeness (QED) is 0.889. The summed E-state index contributed by atoms with van der Waals surface area (Å²) in [5.74, 6) is 3.43. The zero-order valence-corrected chi connectivity index (χ0v) is 11.1. The predicted molar refractivity (Wildman–Crippen MR) is 72.4 cm³/mol. The summed E-state index contributed by atoms with van der Waals surface area (Å²) in [4.78, 5) is 0. The topological polar surface area (TPSA) is 30.5 Å². The first kappa shape index (κ1) is 11.7. The fourth-order valence-corrected chi connectivity index (χ4v) is 2.69. The minimum absolute atomic E-state index is 0.625. The van der Waals surface area contributed by atoms with Crippen LogP contribution in [0.15, 0.2) is 18.2 Å². The van der Waals surface area contributed by atoms with Crippen LogP contribution in [0, 0.1) is 11.8 Å². The van der Waals surface area contributed by atoms with E-state index < -0.39 is 0 Å². The third-order valence-corrected chi connectivity index (χ3v) is 4.03. The first-order chi connectivity index (χ1) is 8.72. The van der Waals surface area contributed by atoms with Gasteiger partial charge in [0.25, 0.3) is 0 Å². The van der Waals surface area contributed by atoms with Crippen molar-refractivity contribution in [2.45, 2.75) is 32.7 Å². The highest BCUT2D eigenvalue weighted by Gasteiger charge is 2.31. The molecule has 18 heavy (non-hydrogen) atoms. The van der Waals surface area contributed by atoms with Gasteiger partial charge in [-0.05, 0) is 36.8 Å². The molecule has 98 valence electrons. The van der Waals surface area contributed by atoms with Crippen molar-refractivity contribution in [2.75, 3.05) is 18.5 Å². The Hall–Kier alpha value is -1.38. The first-order valence-electron chi connectivity index (χ1n) is 6.88. The number of anilines is 1. The lowest BCUT2D eigenvalue weighted by molar-refractivity contribution is 0.171. The third-order valence-electron chi connectivity index (χ3n) is 4.03. The van der Waals surface area contributed by atoms with Crippen molar-refractivity contribution >= 4 is 5.69 Å². The molecule has 0 atom stereocenters. The molecule has 0 radical (unpaired) electrons. The Labute approximate surface area is 108 Å². The second-order valence-electron chi connectivity index (χ2n) is 5.68. The molecule has 0 aromatic heterocycles. The molecule has 1 N–H and O–H groups in total. The Morgan fingerprint density at radius 3 is 2.56 bits per heavy atom. The Kier molecular flexibility index (Phi) is 3.06. The van der Waals surface area contributed by atoms with Crippen molar-refractivity contribution in [2.24, 2.45) is 11.8 Å². The van der Waals surface area contributed by atoms with Gasteiger partial charge in [0.05, 0.1) is 0 Å². The van der Waals surface area contributed by atoms with E-state index in [9.17, 15) is 0 Å². The molecule has 1 aliphatic carbocycles. The molecule has 0 spiro atoms. The molecule has 3 heteroatoms. The molecule has 0 saturated heterocycles.